The molecule has 1 fully saturated rings. The number of nitrogens with one attached hydrogen (secondary N) is 1. The third-order valence-electron chi connectivity index (χ3n) is 2.96. The highest BCUT2D eigenvalue weighted by atomic mass is 19.1. The lowest BCUT2D eigenvalue weighted by atomic mass is 9.99. The van der Waals surface area contributed by atoms with Crippen molar-refractivity contribution in [3.05, 3.63) is 17.3 Å². The number of ether oxygens (including phenoxy) is 1. The highest BCUT2D eigenvalue weighted by Gasteiger charge is 2.21. The molecule has 0 bridgehead atoms. The van der Waals surface area contributed by atoms with Crippen LogP contribution in [0.2, 0.25) is 0 Å². The minimum absolute atomic E-state index is 0.292. The molecule has 0 aromatic carbocycles. The van der Waals surface area contributed by atoms with E-state index in [1.54, 1.807) is 6.92 Å². The van der Waals surface area contributed by atoms with E-state index in [-0.39, 0.29) is 5.82 Å². The molecule has 0 radical (unpaired) electrons. The van der Waals surface area contributed by atoms with Gasteiger partial charge in [0.2, 0.25) is 0 Å². The van der Waals surface area contributed by atoms with E-state index in [1.165, 1.54) is 0 Å². The molecule has 94 valence electrons. The van der Waals surface area contributed by atoms with Crippen LogP contribution < -0.4 is 5.32 Å². The largest absolute Gasteiger partial charge is 0.381 e. The minimum atomic E-state index is -0.345. The molecule has 1 N–H and O–H groups in total. The number of hydrogen-bond donors (Lipinski definition) is 1. The summed E-state index contributed by atoms with van der Waals surface area (Å²) < 4.78 is 19.0. The third kappa shape index (κ3) is 2.72. The van der Waals surface area contributed by atoms with E-state index in [4.69, 9.17) is 4.74 Å². The predicted octanol–water partition coefficient (Wildman–Crippen LogP) is 2.25. The Morgan fingerprint density at radius 3 is 2.71 bits per heavy atom. The molecule has 0 spiro atoms. The van der Waals surface area contributed by atoms with Gasteiger partial charge in [0, 0.05) is 25.7 Å². The Morgan fingerprint density at radius 2 is 2.06 bits per heavy atom. The minimum Gasteiger partial charge on any atom is -0.381 e. The lowest BCUT2D eigenvalue weighted by Gasteiger charge is -2.21. The highest BCUT2D eigenvalue weighted by molar-refractivity contribution is 5.38. The Labute approximate surface area is 101 Å². The van der Waals surface area contributed by atoms with Gasteiger partial charge < -0.3 is 10.1 Å². The number of halogens is 1. The molecule has 1 aliphatic rings. The Hall–Kier alpha value is -1.23. The van der Waals surface area contributed by atoms with Gasteiger partial charge in [0.1, 0.15) is 5.82 Å². The van der Waals surface area contributed by atoms with E-state index in [0.29, 0.717) is 24.0 Å². The van der Waals surface area contributed by atoms with E-state index in [0.717, 1.165) is 31.9 Å². The lowest BCUT2D eigenvalue weighted by molar-refractivity contribution is 0.0835. The molecule has 1 saturated heterocycles. The van der Waals surface area contributed by atoms with E-state index in [1.807, 2.05) is 6.92 Å². The number of rotatable bonds is 3. The van der Waals surface area contributed by atoms with Crippen molar-refractivity contribution in [1.29, 1.82) is 0 Å². The van der Waals surface area contributed by atoms with Crippen molar-refractivity contribution in [2.75, 3.05) is 25.1 Å². The van der Waals surface area contributed by atoms with Gasteiger partial charge in [0.25, 0.3) is 0 Å². The lowest BCUT2D eigenvalue weighted by Crippen LogP contribution is -2.18. The van der Waals surface area contributed by atoms with Crippen LogP contribution in [-0.4, -0.2) is 29.7 Å². The normalized spacial score (nSPS) is 17.1. The van der Waals surface area contributed by atoms with Crippen molar-refractivity contribution in [1.82, 2.24) is 9.97 Å². The molecular formula is C12H18FN3O. The molecule has 0 saturated carbocycles. The van der Waals surface area contributed by atoms with Gasteiger partial charge >= 0.3 is 0 Å². The molecule has 0 unspecified atom stereocenters. The summed E-state index contributed by atoms with van der Waals surface area (Å²) in [7, 11) is 0. The first-order chi connectivity index (χ1) is 8.22. The van der Waals surface area contributed by atoms with Crippen LogP contribution in [0.15, 0.2) is 0 Å². The molecular weight excluding hydrogens is 221 g/mol. The second-order valence-corrected chi connectivity index (χ2v) is 4.25. The fraction of sp³-hybridized carbons (Fsp3) is 0.667. The topological polar surface area (TPSA) is 47.0 Å². The molecule has 2 heterocycles. The highest BCUT2D eigenvalue weighted by Crippen LogP contribution is 2.26. The summed E-state index contributed by atoms with van der Waals surface area (Å²) in [4.78, 5) is 8.55. The van der Waals surface area contributed by atoms with Gasteiger partial charge in [-0.3, -0.25) is 0 Å². The molecule has 17 heavy (non-hydrogen) atoms. The SMILES string of the molecule is CCNc1nc(C2CCOCC2)nc(C)c1F. The number of nitrogens with zero attached hydrogens (tertiary/aromatic N) is 2. The van der Waals surface area contributed by atoms with Gasteiger partial charge in [0.05, 0.1) is 5.69 Å². The summed E-state index contributed by atoms with van der Waals surface area (Å²) in [5, 5.41) is 2.94. The molecule has 1 aliphatic heterocycles. The summed E-state index contributed by atoms with van der Waals surface area (Å²) in [6.45, 7) is 5.73. The van der Waals surface area contributed by atoms with Crippen LogP contribution in [0.1, 0.15) is 37.2 Å². The summed E-state index contributed by atoms with van der Waals surface area (Å²) in [5.74, 6) is 1.01. The number of aryl methyl sites for hydroxylation is 1. The van der Waals surface area contributed by atoms with Gasteiger partial charge in [-0.15, -0.1) is 0 Å². The monoisotopic (exact) mass is 239 g/mol. The fourth-order valence-corrected chi connectivity index (χ4v) is 2.00. The van der Waals surface area contributed by atoms with Crippen molar-refractivity contribution in [2.45, 2.75) is 32.6 Å². The van der Waals surface area contributed by atoms with Crippen molar-refractivity contribution in [2.24, 2.45) is 0 Å². The van der Waals surface area contributed by atoms with Crippen molar-refractivity contribution in [3.8, 4) is 0 Å². The van der Waals surface area contributed by atoms with Gasteiger partial charge in [-0.2, -0.15) is 0 Å². The predicted molar refractivity (Wildman–Crippen MR) is 63.7 cm³/mol. The zero-order valence-corrected chi connectivity index (χ0v) is 10.3. The van der Waals surface area contributed by atoms with Gasteiger partial charge in [-0.25, -0.2) is 14.4 Å². The van der Waals surface area contributed by atoms with Crippen LogP contribution in [0.25, 0.3) is 0 Å². The molecule has 0 amide bonds. The van der Waals surface area contributed by atoms with Crippen molar-refractivity contribution in [3.63, 3.8) is 0 Å². The Kier molecular flexibility index (Phi) is 3.89. The van der Waals surface area contributed by atoms with Crippen LogP contribution in [-0.2, 0) is 4.74 Å². The summed E-state index contributed by atoms with van der Waals surface area (Å²) in [6, 6.07) is 0. The number of aromatic nitrogens is 2. The second-order valence-electron chi connectivity index (χ2n) is 4.25. The fourth-order valence-electron chi connectivity index (χ4n) is 2.00. The number of hydrogen-bond acceptors (Lipinski definition) is 4. The zero-order valence-electron chi connectivity index (χ0n) is 10.3. The molecule has 2 rings (SSSR count). The maximum Gasteiger partial charge on any atom is 0.186 e. The first kappa shape index (κ1) is 12.2. The second kappa shape index (κ2) is 5.40. The molecule has 5 heteroatoms. The van der Waals surface area contributed by atoms with Crippen molar-refractivity contribution >= 4 is 5.82 Å². The standard InChI is InChI=1S/C12H18FN3O/c1-3-14-12-10(13)8(2)15-11(16-12)9-4-6-17-7-5-9/h9H,3-7H2,1-2H3,(H,14,15,16). The van der Waals surface area contributed by atoms with Crippen LogP contribution in [0.4, 0.5) is 10.2 Å². The van der Waals surface area contributed by atoms with E-state index in [9.17, 15) is 4.39 Å². The first-order valence-electron chi connectivity index (χ1n) is 6.08. The van der Waals surface area contributed by atoms with Crippen LogP contribution >= 0.6 is 0 Å². The van der Waals surface area contributed by atoms with Crippen LogP contribution in [0, 0.1) is 12.7 Å². The Morgan fingerprint density at radius 1 is 1.35 bits per heavy atom. The molecule has 4 nitrogen and oxygen atoms in total. The van der Waals surface area contributed by atoms with Gasteiger partial charge in [0.15, 0.2) is 11.6 Å². The van der Waals surface area contributed by atoms with E-state index < -0.39 is 0 Å². The summed E-state index contributed by atoms with van der Waals surface area (Å²) >= 11 is 0. The molecule has 0 atom stereocenters. The first-order valence-corrected chi connectivity index (χ1v) is 6.08. The van der Waals surface area contributed by atoms with Gasteiger partial charge in [-0.05, 0) is 26.7 Å². The zero-order chi connectivity index (χ0) is 12.3. The van der Waals surface area contributed by atoms with Crippen LogP contribution in [0.3, 0.4) is 0 Å². The number of anilines is 1. The maximum absolute atomic E-state index is 13.7. The maximum atomic E-state index is 13.7. The average Bonchev–Trinajstić information content (AvgIpc) is 2.36. The average molecular weight is 239 g/mol. The smallest absolute Gasteiger partial charge is 0.186 e. The van der Waals surface area contributed by atoms with Crippen molar-refractivity contribution < 1.29 is 9.13 Å². The summed E-state index contributed by atoms with van der Waals surface area (Å²) in [5.41, 5.74) is 0.414. The molecule has 1 aromatic heterocycles. The quantitative estimate of drug-likeness (QED) is 0.878. The molecule has 1 aromatic rings. The van der Waals surface area contributed by atoms with E-state index in [2.05, 4.69) is 15.3 Å². The third-order valence-corrected chi connectivity index (χ3v) is 2.96. The van der Waals surface area contributed by atoms with E-state index >= 15 is 0 Å². The van der Waals surface area contributed by atoms with Crippen LogP contribution in [0.5, 0.6) is 0 Å². The Balaban J connectivity index is 2.27. The Bertz CT molecular complexity index is 392. The molecule has 0 aliphatic carbocycles. The van der Waals surface area contributed by atoms with Gasteiger partial charge in [-0.1, -0.05) is 0 Å². The summed E-state index contributed by atoms with van der Waals surface area (Å²) in [6.07, 6.45) is 1.83.